The minimum absolute atomic E-state index is 1.23. The second-order valence-corrected chi connectivity index (χ2v) is 3.28. The van der Waals surface area contributed by atoms with Gasteiger partial charge in [-0.3, -0.25) is 0 Å². The van der Waals surface area contributed by atoms with Crippen molar-refractivity contribution in [1.29, 1.82) is 0 Å². The molecule has 1 aliphatic rings. The van der Waals surface area contributed by atoms with Crippen LogP contribution in [-0.4, -0.2) is 4.02 Å². The predicted molar refractivity (Wildman–Crippen MR) is 26.5 cm³/mol. The van der Waals surface area contributed by atoms with Crippen LogP contribution in [-0.2, 0) is 19.4 Å². The maximum absolute atomic E-state index is 3.16. The zero-order chi connectivity index (χ0) is 5.11. The van der Waals surface area contributed by atoms with Crippen LogP contribution in [0.1, 0.15) is 12.8 Å². The molecule has 0 aromatic rings. The Balaban J connectivity index is 2.47. The van der Waals surface area contributed by atoms with Crippen LogP contribution in [0.5, 0.6) is 0 Å². The molecule has 0 atom stereocenters. The van der Waals surface area contributed by atoms with E-state index in [1.165, 1.54) is 16.9 Å². The Hall–Kier alpha value is 0.0983. The van der Waals surface area contributed by atoms with Gasteiger partial charge in [0.1, 0.15) is 0 Å². The molecule has 0 saturated carbocycles. The van der Waals surface area contributed by atoms with Crippen LogP contribution < -0.4 is 5.32 Å². The summed E-state index contributed by atoms with van der Waals surface area (Å²) in [6.45, 7) is 0. The fourth-order valence-electron chi connectivity index (χ4n) is 0.522. The van der Waals surface area contributed by atoms with Crippen LogP contribution in [0.2, 0.25) is 0 Å². The van der Waals surface area contributed by atoms with Crippen LogP contribution in [0.15, 0.2) is 12.3 Å². The van der Waals surface area contributed by atoms with Gasteiger partial charge in [0.15, 0.2) is 0 Å². The average Bonchev–Trinajstić information content (AvgIpc) is 1.69. The molecule has 38 valence electrons. The van der Waals surface area contributed by atoms with E-state index in [0.29, 0.717) is 0 Å². The molecule has 0 aliphatic carbocycles. The first-order valence-electron chi connectivity index (χ1n) is 2.34. The summed E-state index contributed by atoms with van der Waals surface area (Å²) < 4.78 is 1.46. The number of rotatable bonds is 0. The van der Waals surface area contributed by atoms with Crippen molar-refractivity contribution in [2.24, 2.45) is 0 Å². The van der Waals surface area contributed by atoms with Crippen molar-refractivity contribution in [3.8, 4) is 0 Å². The van der Waals surface area contributed by atoms with Crippen molar-refractivity contribution in [3.05, 3.63) is 12.3 Å². The summed E-state index contributed by atoms with van der Waals surface area (Å²) in [6, 6.07) is 0. The Morgan fingerprint density at radius 1 is 1.71 bits per heavy atom. The summed E-state index contributed by atoms with van der Waals surface area (Å²) in [6.07, 6.45) is 6.65. The van der Waals surface area contributed by atoms with E-state index in [1.54, 1.807) is 19.4 Å². The van der Waals surface area contributed by atoms with Crippen LogP contribution in [0.25, 0.3) is 0 Å². The van der Waals surface area contributed by atoms with E-state index >= 15 is 0 Å². The molecule has 0 amide bonds. The molecule has 1 rings (SSSR count). The molecule has 0 bridgehead atoms. The number of allylic oxidation sites excluding steroid dienone is 1. The van der Waals surface area contributed by atoms with Gasteiger partial charge < -0.3 is 0 Å². The Kier molecular flexibility index (Phi) is 1.81. The first-order valence-corrected chi connectivity index (χ1v) is 3.80. The molecular formula is C5H7NW. The molecule has 0 aromatic heterocycles. The third-order valence-electron chi connectivity index (χ3n) is 0.900. The maximum atomic E-state index is 3.16. The molecule has 1 heterocycles. The summed E-state index contributed by atoms with van der Waals surface area (Å²) in [7, 11) is 0. The zero-order valence-electron chi connectivity index (χ0n) is 3.98. The normalized spacial score (nSPS) is 19.1. The van der Waals surface area contributed by atoms with Crippen LogP contribution in [0.4, 0.5) is 0 Å². The van der Waals surface area contributed by atoms with Gasteiger partial charge in [-0.2, -0.15) is 0 Å². The fraction of sp³-hybridized carbons (Fsp3) is 0.400. The quantitative estimate of drug-likeness (QED) is 0.674. The van der Waals surface area contributed by atoms with E-state index in [0.717, 1.165) is 0 Å². The Morgan fingerprint density at radius 2 is 2.57 bits per heavy atom. The summed E-state index contributed by atoms with van der Waals surface area (Å²) in [5.41, 5.74) is 0. The van der Waals surface area contributed by atoms with Gasteiger partial charge in [0, 0.05) is 0 Å². The Morgan fingerprint density at radius 3 is 2.86 bits per heavy atom. The van der Waals surface area contributed by atoms with Crippen molar-refractivity contribution in [1.82, 2.24) is 5.32 Å². The molecule has 1 aliphatic heterocycles. The first-order chi connectivity index (χ1) is 3.39. The third-order valence-corrected chi connectivity index (χ3v) is 2.06. The van der Waals surface area contributed by atoms with Gasteiger partial charge in [0.05, 0.1) is 0 Å². The van der Waals surface area contributed by atoms with Gasteiger partial charge in [-0.15, -0.1) is 0 Å². The van der Waals surface area contributed by atoms with Crippen LogP contribution in [0, 0.1) is 0 Å². The van der Waals surface area contributed by atoms with E-state index in [-0.39, 0.29) is 0 Å². The monoisotopic (exact) mass is 265 g/mol. The second kappa shape index (κ2) is 2.42. The van der Waals surface area contributed by atoms with E-state index in [4.69, 9.17) is 0 Å². The molecule has 1 N–H and O–H groups in total. The third kappa shape index (κ3) is 1.56. The van der Waals surface area contributed by atoms with Crippen LogP contribution >= 0.6 is 0 Å². The van der Waals surface area contributed by atoms with Crippen LogP contribution in [0.3, 0.4) is 0 Å². The molecule has 0 spiro atoms. The molecule has 2 heteroatoms. The molecule has 7 heavy (non-hydrogen) atoms. The Labute approximate surface area is 54.2 Å². The van der Waals surface area contributed by atoms with Gasteiger partial charge in [-0.1, -0.05) is 0 Å². The molecule has 0 aromatic carbocycles. The van der Waals surface area contributed by atoms with E-state index in [1.807, 2.05) is 6.20 Å². The van der Waals surface area contributed by atoms with E-state index in [2.05, 4.69) is 11.4 Å². The number of hydrogen-bond donors (Lipinski definition) is 1. The number of nitrogens with one attached hydrogen (secondary N) is 1. The van der Waals surface area contributed by atoms with Gasteiger partial charge in [-0.05, 0) is 0 Å². The van der Waals surface area contributed by atoms with Gasteiger partial charge >= 0.3 is 53.8 Å². The van der Waals surface area contributed by atoms with E-state index in [9.17, 15) is 0 Å². The second-order valence-electron chi connectivity index (χ2n) is 1.51. The van der Waals surface area contributed by atoms with Gasteiger partial charge in [-0.25, -0.2) is 0 Å². The van der Waals surface area contributed by atoms with E-state index < -0.39 is 0 Å². The minimum atomic E-state index is 1.23. The topological polar surface area (TPSA) is 12.0 Å². The van der Waals surface area contributed by atoms with Crippen molar-refractivity contribution < 1.29 is 19.4 Å². The molecule has 0 fully saturated rings. The number of hydrogen-bond acceptors (Lipinski definition) is 1. The molecule has 0 saturated heterocycles. The van der Waals surface area contributed by atoms with Crippen molar-refractivity contribution in [2.75, 3.05) is 0 Å². The average molecular weight is 265 g/mol. The van der Waals surface area contributed by atoms with Crippen molar-refractivity contribution >= 4 is 4.02 Å². The van der Waals surface area contributed by atoms with Crippen molar-refractivity contribution in [3.63, 3.8) is 0 Å². The molecule has 0 unspecified atom stereocenters. The molecular weight excluding hydrogens is 258 g/mol. The fourth-order valence-corrected chi connectivity index (χ4v) is 1.19. The van der Waals surface area contributed by atoms with Gasteiger partial charge in [0.2, 0.25) is 0 Å². The summed E-state index contributed by atoms with van der Waals surface area (Å²) >= 11 is 1.57. The predicted octanol–water partition coefficient (Wildman–Crippen LogP) is 0.560. The summed E-state index contributed by atoms with van der Waals surface area (Å²) in [4.78, 5) is 0. The molecule has 1 nitrogen and oxygen atoms in total. The Bertz CT molecular complexity index is 107. The first kappa shape index (κ1) is 5.24. The molecule has 0 radical (unpaired) electrons. The SMILES string of the molecule is [W]=[C]1CCC=CN1. The van der Waals surface area contributed by atoms with Gasteiger partial charge in [0.25, 0.3) is 0 Å². The standard InChI is InChI=1S/C5H7N.W/c1-2-4-6-5-3-1;/h2,4,6H,1,3H2;. The summed E-state index contributed by atoms with van der Waals surface area (Å²) in [5.74, 6) is 0. The summed E-state index contributed by atoms with van der Waals surface area (Å²) in [5, 5.41) is 3.16. The zero-order valence-corrected chi connectivity index (χ0v) is 6.91. The van der Waals surface area contributed by atoms with Crippen molar-refractivity contribution in [2.45, 2.75) is 12.8 Å².